The molecule has 0 spiro atoms. The number of rotatable bonds is 6. The van der Waals surface area contributed by atoms with Crippen molar-refractivity contribution in [1.29, 1.82) is 0 Å². The molecule has 2 amide bonds. The quantitative estimate of drug-likeness (QED) is 0.350. The van der Waals surface area contributed by atoms with E-state index in [4.69, 9.17) is 4.42 Å². The van der Waals surface area contributed by atoms with Crippen LogP contribution >= 0.6 is 11.8 Å². The summed E-state index contributed by atoms with van der Waals surface area (Å²) in [4.78, 5) is 29.5. The number of benzene rings is 2. The van der Waals surface area contributed by atoms with Crippen molar-refractivity contribution < 1.29 is 18.4 Å². The zero-order chi connectivity index (χ0) is 25.9. The number of piperazine rings is 1. The van der Waals surface area contributed by atoms with Crippen LogP contribution in [0.2, 0.25) is 0 Å². The van der Waals surface area contributed by atoms with Gasteiger partial charge in [-0.25, -0.2) is 4.39 Å². The zero-order valence-corrected chi connectivity index (χ0v) is 21.3. The fraction of sp³-hybridized carbons (Fsp3) is 0.259. The van der Waals surface area contributed by atoms with Crippen molar-refractivity contribution in [1.82, 2.24) is 24.6 Å². The van der Waals surface area contributed by atoms with Crippen molar-refractivity contribution in [3.63, 3.8) is 0 Å². The summed E-state index contributed by atoms with van der Waals surface area (Å²) in [6.45, 7) is 5.10. The third-order valence-corrected chi connectivity index (χ3v) is 7.28. The Bertz CT molecular complexity index is 1420. The van der Waals surface area contributed by atoms with Gasteiger partial charge in [0, 0.05) is 31.2 Å². The van der Waals surface area contributed by atoms with Crippen molar-refractivity contribution in [3.8, 4) is 17.3 Å². The second-order valence-corrected chi connectivity index (χ2v) is 9.83. The highest BCUT2D eigenvalue weighted by Crippen LogP contribution is 2.30. The van der Waals surface area contributed by atoms with Crippen LogP contribution in [-0.4, -0.2) is 67.8 Å². The van der Waals surface area contributed by atoms with Gasteiger partial charge in [-0.1, -0.05) is 36.0 Å². The molecular weight excluding hydrogens is 493 g/mol. The van der Waals surface area contributed by atoms with E-state index in [2.05, 4.69) is 10.2 Å². The highest BCUT2D eigenvalue weighted by atomic mass is 32.2. The SMILES string of the molecule is Cc1ccccc1-n1c(SCC(=O)N2CCN(C(=O)c3cccc(F)c3)C(C)C2)nnc1-c1ccco1. The molecule has 5 rings (SSSR count). The largest absolute Gasteiger partial charge is 0.461 e. The molecule has 1 aliphatic rings. The first-order chi connectivity index (χ1) is 17.9. The lowest BCUT2D eigenvalue weighted by Gasteiger charge is -2.40. The molecule has 1 saturated heterocycles. The minimum absolute atomic E-state index is 0.0476. The van der Waals surface area contributed by atoms with E-state index in [0.717, 1.165) is 11.3 Å². The van der Waals surface area contributed by atoms with E-state index in [-0.39, 0.29) is 23.6 Å². The van der Waals surface area contributed by atoms with E-state index in [1.807, 2.05) is 48.7 Å². The number of carbonyl (C=O) groups is 2. The van der Waals surface area contributed by atoms with Crippen LogP contribution in [-0.2, 0) is 4.79 Å². The fourth-order valence-corrected chi connectivity index (χ4v) is 5.30. The molecule has 1 atom stereocenters. The van der Waals surface area contributed by atoms with E-state index in [1.165, 1.54) is 30.0 Å². The van der Waals surface area contributed by atoms with E-state index in [9.17, 15) is 14.0 Å². The molecule has 2 aromatic carbocycles. The van der Waals surface area contributed by atoms with Gasteiger partial charge in [0.2, 0.25) is 11.7 Å². The predicted octanol–water partition coefficient (Wildman–Crippen LogP) is 4.44. The number of amides is 2. The molecule has 8 nitrogen and oxygen atoms in total. The van der Waals surface area contributed by atoms with Gasteiger partial charge in [0.1, 0.15) is 5.82 Å². The Balaban J connectivity index is 1.28. The second kappa shape index (κ2) is 10.6. The molecule has 2 aromatic heterocycles. The molecule has 3 heterocycles. The molecule has 1 unspecified atom stereocenters. The highest BCUT2D eigenvalue weighted by Gasteiger charge is 2.31. The number of nitrogens with zero attached hydrogens (tertiary/aromatic N) is 5. The smallest absolute Gasteiger partial charge is 0.254 e. The van der Waals surface area contributed by atoms with Gasteiger partial charge >= 0.3 is 0 Å². The molecule has 0 radical (unpaired) electrons. The van der Waals surface area contributed by atoms with Crippen molar-refractivity contribution in [2.75, 3.05) is 25.4 Å². The van der Waals surface area contributed by atoms with Crippen LogP contribution in [0.3, 0.4) is 0 Å². The minimum Gasteiger partial charge on any atom is -0.461 e. The van der Waals surface area contributed by atoms with E-state index in [0.29, 0.717) is 41.9 Å². The van der Waals surface area contributed by atoms with Crippen molar-refractivity contribution in [2.24, 2.45) is 0 Å². The minimum atomic E-state index is -0.446. The van der Waals surface area contributed by atoms with Crippen LogP contribution in [0.4, 0.5) is 4.39 Å². The first-order valence-corrected chi connectivity index (χ1v) is 12.9. The Hall–Kier alpha value is -3.92. The van der Waals surface area contributed by atoms with Gasteiger partial charge in [-0.3, -0.25) is 14.2 Å². The molecule has 1 fully saturated rings. The van der Waals surface area contributed by atoms with Gasteiger partial charge in [0.05, 0.1) is 17.7 Å². The zero-order valence-electron chi connectivity index (χ0n) is 20.5. The van der Waals surface area contributed by atoms with Gasteiger partial charge in [-0.2, -0.15) is 0 Å². The second-order valence-electron chi connectivity index (χ2n) is 8.89. The average Bonchev–Trinajstić information content (AvgIpc) is 3.57. The predicted molar refractivity (Wildman–Crippen MR) is 138 cm³/mol. The summed E-state index contributed by atoms with van der Waals surface area (Å²) in [5.74, 6) is 0.596. The van der Waals surface area contributed by atoms with E-state index in [1.54, 1.807) is 28.2 Å². The topological polar surface area (TPSA) is 84.5 Å². The molecule has 37 heavy (non-hydrogen) atoms. The molecule has 0 N–H and O–H groups in total. The summed E-state index contributed by atoms with van der Waals surface area (Å²) in [6.07, 6.45) is 1.59. The molecule has 1 aliphatic heterocycles. The number of hydrogen-bond donors (Lipinski definition) is 0. The normalized spacial score (nSPS) is 15.7. The van der Waals surface area contributed by atoms with Crippen LogP contribution in [0, 0.1) is 12.7 Å². The molecule has 190 valence electrons. The Morgan fingerprint density at radius 3 is 2.65 bits per heavy atom. The molecular formula is C27H26FN5O3S. The third-order valence-electron chi connectivity index (χ3n) is 6.37. The number of furan rings is 1. The van der Waals surface area contributed by atoms with Crippen molar-refractivity contribution >= 4 is 23.6 Å². The molecule has 4 aromatic rings. The van der Waals surface area contributed by atoms with E-state index < -0.39 is 5.82 Å². The molecule has 10 heteroatoms. The molecule has 0 bridgehead atoms. The molecule has 0 saturated carbocycles. The van der Waals surface area contributed by atoms with Crippen molar-refractivity contribution in [3.05, 3.63) is 83.9 Å². The Labute approximate surface area is 218 Å². The monoisotopic (exact) mass is 519 g/mol. The molecule has 0 aliphatic carbocycles. The summed E-state index contributed by atoms with van der Waals surface area (Å²) in [5.41, 5.74) is 2.26. The summed E-state index contributed by atoms with van der Waals surface area (Å²) in [5, 5.41) is 9.29. The Morgan fingerprint density at radius 2 is 1.92 bits per heavy atom. The first-order valence-electron chi connectivity index (χ1n) is 11.9. The van der Waals surface area contributed by atoms with Gasteiger partial charge < -0.3 is 14.2 Å². The summed E-state index contributed by atoms with van der Waals surface area (Å²) >= 11 is 1.31. The average molecular weight is 520 g/mol. The number of carbonyl (C=O) groups excluding carboxylic acids is 2. The lowest BCUT2D eigenvalue weighted by Crippen LogP contribution is -2.55. The number of aryl methyl sites for hydroxylation is 1. The van der Waals surface area contributed by atoms with Crippen molar-refractivity contribution in [2.45, 2.75) is 25.0 Å². The number of hydrogen-bond acceptors (Lipinski definition) is 6. The van der Waals surface area contributed by atoms with Gasteiger partial charge in [0.15, 0.2) is 10.9 Å². The maximum absolute atomic E-state index is 13.6. The highest BCUT2D eigenvalue weighted by molar-refractivity contribution is 7.99. The van der Waals surface area contributed by atoms with Crippen LogP contribution in [0.5, 0.6) is 0 Å². The lowest BCUT2D eigenvalue weighted by atomic mass is 10.1. The fourth-order valence-electron chi connectivity index (χ4n) is 4.45. The van der Waals surface area contributed by atoms with Gasteiger partial charge in [-0.05, 0) is 55.8 Å². The number of para-hydroxylation sites is 1. The summed E-state index contributed by atoms with van der Waals surface area (Å²) in [6, 6.07) is 17.0. The number of thioether (sulfide) groups is 1. The third kappa shape index (κ3) is 5.15. The van der Waals surface area contributed by atoms with Crippen LogP contribution in [0.25, 0.3) is 17.3 Å². The standard InChI is InChI=1S/C27H26FN5O3S/c1-18-7-3-4-10-22(18)33-25(23-11-6-14-36-23)29-30-27(33)37-17-24(34)31-12-13-32(19(2)16-31)26(35)20-8-5-9-21(28)15-20/h3-11,14-15,19H,12-13,16-17H2,1-2H3. The maximum Gasteiger partial charge on any atom is 0.254 e. The lowest BCUT2D eigenvalue weighted by molar-refractivity contribution is -0.130. The maximum atomic E-state index is 13.6. The summed E-state index contributed by atoms with van der Waals surface area (Å²) < 4.78 is 21.1. The van der Waals surface area contributed by atoms with Crippen LogP contribution in [0.15, 0.2) is 76.5 Å². The summed E-state index contributed by atoms with van der Waals surface area (Å²) in [7, 11) is 0. The Morgan fingerprint density at radius 1 is 1.08 bits per heavy atom. The number of aromatic nitrogens is 3. The van der Waals surface area contributed by atoms with Crippen LogP contribution < -0.4 is 0 Å². The Kier molecular flexibility index (Phi) is 7.09. The van der Waals surface area contributed by atoms with Gasteiger partial charge in [-0.15, -0.1) is 10.2 Å². The first kappa shape index (κ1) is 24.8. The van der Waals surface area contributed by atoms with Crippen LogP contribution in [0.1, 0.15) is 22.8 Å². The van der Waals surface area contributed by atoms with Gasteiger partial charge in [0.25, 0.3) is 5.91 Å². The van der Waals surface area contributed by atoms with E-state index >= 15 is 0 Å². The number of halogens is 1.